The number of halogens is 1. The summed E-state index contributed by atoms with van der Waals surface area (Å²) in [6.07, 6.45) is 2.36. The molecular formula is C14H21ClN4O3. The molecule has 1 aromatic rings. The highest BCUT2D eigenvalue weighted by atomic mass is 35.5. The van der Waals surface area contributed by atoms with Gasteiger partial charge in [0.1, 0.15) is 5.69 Å². The van der Waals surface area contributed by atoms with E-state index < -0.39 is 4.92 Å². The Hall–Kier alpha value is -1.86. The molecule has 0 aliphatic carbocycles. The lowest BCUT2D eigenvalue weighted by Gasteiger charge is -2.23. The SMILES string of the molecule is Cl.O=C(CCNc1ccccc1[N+](=O)[O-])NC1CCCNC1. The first-order chi connectivity index (χ1) is 10.2. The molecule has 1 aliphatic rings. The Morgan fingerprint density at radius 1 is 1.41 bits per heavy atom. The van der Waals surface area contributed by atoms with Crippen LogP contribution in [0.15, 0.2) is 24.3 Å². The largest absolute Gasteiger partial charge is 0.379 e. The van der Waals surface area contributed by atoms with Gasteiger partial charge in [-0.1, -0.05) is 12.1 Å². The minimum Gasteiger partial charge on any atom is -0.379 e. The second-order valence-corrected chi connectivity index (χ2v) is 5.06. The van der Waals surface area contributed by atoms with Gasteiger partial charge in [0, 0.05) is 31.6 Å². The van der Waals surface area contributed by atoms with E-state index in [1.165, 1.54) is 6.07 Å². The van der Waals surface area contributed by atoms with Crippen molar-refractivity contribution < 1.29 is 9.72 Å². The Bertz CT molecular complexity index is 507. The van der Waals surface area contributed by atoms with Crippen LogP contribution in [0.25, 0.3) is 0 Å². The third-order valence-corrected chi connectivity index (χ3v) is 3.43. The average molecular weight is 329 g/mol. The highest BCUT2D eigenvalue weighted by molar-refractivity contribution is 5.85. The number of anilines is 1. The molecule has 1 atom stereocenters. The Morgan fingerprint density at radius 3 is 2.86 bits per heavy atom. The van der Waals surface area contributed by atoms with Crippen molar-refractivity contribution in [2.24, 2.45) is 0 Å². The molecule has 0 spiro atoms. The molecule has 1 aliphatic heterocycles. The zero-order valence-corrected chi connectivity index (χ0v) is 13.0. The summed E-state index contributed by atoms with van der Waals surface area (Å²) in [5.41, 5.74) is 0.462. The molecule has 2 rings (SSSR count). The van der Waals surface area contributed by atoms with Crippen molar-refractivity contribution in [1.82, 2.24) is 10.6 Å². The number of carbonyl (C=O) groups excluding carboxylic acids is 1. The molecule has 0 bridgehead atoms. The van der Waals surface area contributed by atoms with E-state index in [-0.39, 0.29) is 30.0 Å². The standard InChI is InChI=1S/C14H20N4O3.ClH/c19-14(17-11-4-3-8-15-10-11)7-9-16-12-5-1-2-6-13(12)18(20)21;/h1-2,5-6,11,15-16H,3-4,7-10H2,(H,17,19);1H. The van der Waals surface area contributed by atoms with E-state index in [1.807, 2.05) is 0 Å². The number of benzene rings is 1. The molecule has 1 amide bonds. The lowest BCUT2D eigenvalue weighted by molar-refractivity contribution is -0.384. The van der Waals surface area contributed by atoms with Gasteiger partial charge >= 0.3 is 0 Å². The van der Waals surface area contributed by atoms with Crippen LogP contribution < -0.4 is 16.0 Å². The number of rotatable bonds is 6. The Morgan fingerprint density at radius 2 is 2.18 bits per heavy atom. The normalized spacial score (nSPS) is 17.2. The highest BCUT2D eigenvalue weighted by Gasteiger charge is 2.15. The monoisotopic (exact) mass is 328 g/mol. The van der Waals surface area contributed by atoms with Gasteiger partial charge < -0.3 is 16.0 Å². The minimum absolute atomic E-state index is 0. The summed E-state index contributed by atoms with van der Waals surface area (Å²) >= 11 is 0. The first-order valence-corrected chi connectivity index (χ1v) is 7.14. The summed E-state index contributed by atoms with van der Waals surface area (Å²) in [5.74, 6) is -0.0326. The molecule has 1 saturated heterocycles. The molecule has 1 heterocycles. The number of nitro groups is 1. The molecule has 8 heteroatoms. The van der Waals surface area contributed by atoms with Gasteiger partial charge in [0.05, 0.1) is 4.92 Å². The van der Waals surface area contributed by atoms with Crippen molar-refractivity contribution in [3.8, 4) is 0 Å². The van der Waals surface area contributed by atoms with Gasteiger partial charge in [0.2, 0.25) is 5.91 Å². The molecule has 122 valence electrons. The average Bonchev–Trinajstić information content (AvgIpc) is 2.48. The molecule has 1 fully saturated rings. The second-order valence-electron chi connectivity index (χ2n) is 5.06. The van der Waals surface area contributed by atoms with E-state index >= 15 is 0 Å². The van der Waals surface area contributed by atoms with E-state index in [0.29, 0.717) is 18.7 Å². The van der Waals surface area contributed by atoms with Crippen LogP contribution in [0.3, 0.4) is 0 Å². The Kier molecular flexibility index (Phi) is 7.62. The van der Waals surface area contributed by atoms with E-state index in [2.05, 4.69) is 16.0 Å². The summed E-state index contributed by atoms with van der Waals surface area (Å²) in [5, 5.41) is 20.0. The summed E-state index contributed by atoms with van der Waals surface area (Å²) in [6, 6.07) is 6.61. The van der Waals surface area contributed by atoms with Crippen LogP contribution in [0.1, 0.15) is 19.3 Å². The highest BCUT2D eigenvalue weighted by Crippen LogP contribution is 2.22. The van der Waals surface area contributed by atoms with Crippen molar-refractivity contribution in [2.45, 2.75) is 25.3 Å². The van der Waals surface area contributed by atoms with E-state index in [4.69, 9.17) is 0 Å². The molecular weight excluding hydrogens is 308 g/mol. The maximum absolute atomic E-state index is 11.8. The zero-order chi connectivity index (χ0) is 15.1. The third kappa shape index (κ3) is 5.50. The Balaban J connectivity index is 0.00000242. The fraction of sp³-hybridized carbons (Fsp3) is 0.500. The topological polar surface area (TPSA) is 96.3 Å². The van der Waals surface area contributed by atoms with Gasteiger partial charge in [-0.05, 0) is 25.5 Å². The van der Waals surface area contributed by atoms with Crippen molar-refractivity contribution in [3.05, 3.63) is 34.4 Å². The van der Waals surface area contributed by atoms with Crippen LogP contribution >= 0.6 is 12.4 Å². The van der Waals surface area contributed by atoms with Gasteiger partial charge in [-0.15, -0.1) is 12.4 Å². The van der Waals surface area contributed by atoms with Crippen molar-refractivity contribution in [3.63, 3.8) is 0 Å². The third-order valence-electron chi connectivity index (χ3n) is 3.43. The van der Waals surface area contributed by atoms with Gasteiger partial charge in [0.25, 0.3) is 5.69 Å². The molecule has 22 heavy (non-hydrogen) atoms. The number of piperidine rings is 1. The van der Waals surface area contributed by atoms with Crippen molar-refractivity contribution in [1.29, 1.82) is 0 Å². The van der Waals surface area contributed by atoms with Crippen LogP contribution in [-0.4, -0.2) is 36.5 Å². The van der Waals surface area contributed by atoms with E-state index in [1.54, 1.807) is 18.2 Å². The summed E-state index contributed by atoms with van der Waals surface area (Å²) < 4.78 is 0. The quantitative estimate of drug-likeness (QED) is 0.545. The number of nitrogens with zero attached hydrogens (tertiary/aromatic N) is 1. The van der Waals surface area contributed by atoms with Crippen LogP contribution in [0.2, 0.25) is 0 Å². The predicted octanol–water partition coefficient (Wildman–Crippen LogP) is 1.69. The summed E-state index contributed by atoms with van der Waals surface area (Å²) in [6.45, 7) is 2.19. The van der Waals surface area contributed by atoms with Gasteiger partial charge in [-0.25, -0.2) is 0 Å². The number of para-hydroxylation sites is 2. The molecule has 0 aromatic heterocycles. The number of hydrogen-bond acceptors (Lipinski definition) is 5. The zero-order valence-electron chi connectivity index (χ0n) is 12.2. The van der Waals surface area contributed by atoms with E-state index in [0.717, 1.165) is 25.9 Å². The maximum atomic E-state index is 11.8. The molecule has 3 N–H and O–H groups in total. The smallest absolute Gasteiger partial charge is 0.292 e. The maximum Gasteiger partial charge on any atom is 0.292 e. The second kappa shape index (κ2) is 9.22. The predicted molar refractivity (Wildman–Crippen MR) is 87.5 cm³/mol. The fourth-order valence-electron chi connectivity index (χ4n) is 2.37. The van der Waals surface area contributed by atoms with Crippen molar-refractivity contribution >= 4 is 29.7 Å². The van der Waals surface area contributed by atoms with Gasteiger partial charge in [0.15, 0.2) is 0 Å². The number of nitrogens with one attached hydrogen (secondary N) is 3. The molecule has 1 unspecified atom stereocenters. The number of hydrogen-bond donors (Lipinski definition) is 3. The summed E-state index contributed by atoms with van der Waals surface area (Å²) in [7, 11) is 0. The van der Waals surface area contributed by atoms with E-state index in [9.17, 15) is 14.9 Å². The number of amides is 1. The van der Waals surface area contributed by atoms with Gasteiger partial charge in [-0.2, -0.15) is 0 Å². The van der Waals surface area contributed by atoms with Gasteiger partial charge in [-0.3, -0.25) is 14.9 Å². The molecule has 7 nitrogen and oxygen atoms in total. The number of carbonyl (C=O) groups is 1. The molecule has 1 aromatic carbocycles. The van der Waals surface area contributed by atoms with Crippen molar-refractivity contribution in [2.75, 3.05) is 25.0 Å². The first-order valence-electron chi connectivity index (χ1n) is 7.14. The van der Waals surface area contributed by atoms with Crippen LogP contribution in [-0.2, 0) is 4.79 Å². The van der Waals surface area contributed by atoms with Crippen LogP contribution in [0.5, 0.6) is 0 Å². The molecule has 0 radical (unpaired) electrons. The molecule has 0 saturated carbocycles. The lowest BCUT2D eigenvalue weighted by Crippen LogP contribution is -2.45. The summed E-state index contributed by atoms with van der Waals surface area (Å²) in [4.78, 5) is 22.2. The lowest BCUT2D eigenvalue weighted by atomic mass is 10.1. The first kappa shape index (κ1) is 18.2. The Labute approximate surface area is 135 Å². The fourth-order valence-corrected chi connectivity index (χ4v) is 2.37. The van der Waals surface area contributed by atoms with Crippen LogP contribution in [0, 0.1) is 10.1 Å². The number of nitro benzene ring substituents is 1. The minimum atomic E-state index is -0.434. The van der Waals surface area contributed by atoms with Crippen LogP contribution in [0.4, 0.5) is 11.4 Å².